The molecule has 1 rings (SSSR count). The second kappa shape index (κ2) is 7.39. The zero-order chi connectivity index (χ0) is 13.6. The molecule has 3 nitrogen and oxygen atoms in total. The lowest BCUT2D eigenvalue weighted by molar-refractivity contribution is -0.132. The van der Waals surface area contributed by atoms with Crippen molar-refractivity contribution in [1.29, 1.82) is 0 Å². The summed E-state index contributed by atoms with van der Waals surface area (Å²) in [4.78, 5) is 12.3. The fraction of sp³-hybridized carbons (Fsp3) is 0.929. The molecule has 4 heteroatoms. The largest absolute Gasteiger partial charge is 0.356 e. The third-order valence-corrected chi connectivity index (χ3v) is 5.18. The molecule has 0 bridgehead atoms. The quantitative estimate of drug-likeness (QED) is 0.779. The van der Waals surface area contributed by atoms with Gasteiger partial charge in [-0.25, -0.2) is 0 Å². The maximum atomic E-state index is 12.3. The van der Waals surface area contributed by atoms with Gasteiger partial charge in [0.25, 0.3) is 0 Å². The number of nitrogens with one attached hydrogen (secondary N) is 2. The van der Waals surface area contributed by atoms with Crippen LogP contribution in [0.15, 0.2) is 0 Å². The van der Waals surface area contributed by atoms with Gasteiger partial charge in [0.1, 0.15) is 0 Å². The van der Waals surface area contributed by atoms with Gasteiger partial charge in [0, 0.05) is 17.2 Å². The lowest BCUT2D eigenvalue weighted by Gasteiger charge is -2.36. The van der Waals surface area contributed by atoms with Gasteiger partial charge in [0.2, 0.25) is 5.91 Å². The van der Waals surface area contributed by atoms with E-state index in [4.69, 9.17) is 0 Å². The summed E-state index contributed by atoms with van der Waals surface area (Å²) in [6.07, 6.45) is 5.51. The number of carbonyl (C=O) groups excluding carboxylic acids is 1. The first kappa shape index (κ1) is 15.8. The molecular formula is C14H28N2OS. The number of carbonyl (C=O) groups is 1. The highest BCUT2D eigenvalue weighted by molar-refractivity contribution is 7.99. The minimum atomic E-state index is -0.254. The van der Waals surface area contributed by atoms with Crippen molar-refractivity contribution in [3.8, 4) is 0 Å². The molecule has 0 aliphatic carbocycles. The van der Waals surface area contributed by atoms with Crippen molar-refractivity contribution >= 4 is 17.7 Å². The molecule has 0 spiro atoms. The fourth-order valence-corrected chi connectivity index (χ4v) is 2.74. The zero-order valence-electron chi connectivity index (χ0n) is 12.2. The van der Waals surface area contributed by atoms with Crippen molar-refractivity contribution in [3.05, 3.63) is 0 Å². The fourth-order valence-electron chi connectivity index (χ4n) is 2.39. The molecule has 1 saturated heterocycles. The molecule has 1 aliphatic heterocycles. The Morgan fingerprint density at radius 1 is 1.56 bits per heavy atom. The van der Waals surface area contributed by atoms with Gasteiger partial charge in [0.15, 0.2) is 0 Å². The summed E-state index contributed by atoms with van der Waals surface area (Å²) in [7, 11) is 0. The van der Waals surface area contributed by atoms with Gasteiger partial charge in [-0.1, -0.05) is 20.8 Å². The average Bonchev–Trinajstić information content (AvgIpc) is 2.39. The average molecular weight is 272 g/mol. The van der Waals surface area contributed by atoms with Crippen LogP contribution in [0.5, 0.6) is 0 Å². The predicted octanol–water partition coefficient (Wildman–Crippen LogP) is 2.27. The van der Waals surface area contributed by atoms with Crippen LogP contribution in [-0.2, 0) is 4.79 Å². The Hall–Kier alpha value is -0.220. The number of thioether (sulfide) groups is 1. The van der Waals surface area contributed by atoms with Crippen LogP contribution < -0.4 is 10.6 Å². The Morgan fingerprint density at radius 3 is 2.83 bits per heavy atom. The Labute approximate surface area is 116 Å². The van der Waals surface area contributed by atoms with Crippen molar-refractivity contribution in [1.82, 2.24) is 10.6 Å². The lowest BCUT2D eigenvalue weighted by atomic mass is 9.74. The standard InChI is InChI=1S/C14H28N2OS/c1-11(18-4)7-9-16-13(17)14(2,3)12-6-5-8-15-10-12/h11-12,15H,5-10H2,1-4H3,(H,16,17). The van der Waals surface area contributed by atoms with Crippen LogP contribution in [0.25, 0.3) is 0 Å². The van der Waals surface area contributed by atoms with Gasteiger partial charge in [-0.3, -0.25) is 4.79 Å². The van der Waals surface area contributed by atoms with E-state index in [1.807, 2.05) is 11.8 Å². The molecule has 0 aromatic rings. The van der Waals surface area contributed by atoms with E-state index in [1.54, 1.807) is 0 Å². The van der Waals surface area contributed by atoms with E-state index in [1.165, 1.54) is 6.42 Å². The first-order valence-electron chi connectivity index (χ1n) is 7.00. The monoisotopic (exact) mass is 272 g/mol. The van der Waals surface area contributed by atoms with Crippen molar-refractivity contribution in [3.63, 3.8) is 0 Å². The Bertz CT molecular complexity index is 263. The van der Waals surface area contributed by atoms with Gasteiger partial charge in [-0.05, 0) is 44.5 Å². The first-order chi connectivity index (χ1) is 8.48. The molecule has 18 heavy (non-hydrogen) atoms. The Morgan fingerprint density at radius 2 is 2.28 bits per heavy atom. The molecule has 106 valence electrons. The molecule has 0 aromatic heterocycles. The van der Waals surface area contributed by atoms with E-state index in [9.17, 15) is 4.79 Å². The molecule has 2 unspecified atom stereocenters. The summed E-state index contributed by atoms with van der Waals surface area (Å²) in [6, 6.07) is 0. The molecule has 1 amide bonds. The number of piperidine rings is 1. The molecule has 0 aromatic carbocycles. The minimum Gasteiger partial charge on any atom is -0.356 e. The second-order valence-corrected chi connectivity index (χ2v) is 7.13. The predicted molar refractivity (Wildman–Crippen MR) is 80.0 cm³/mol. The third kappa shape index (κ3) is 4.47. The topological polar surface area (TPSA) is 41.1 Å². The second-order valence-electron chi connectivity index (χ2n) is 5.86. The van der Waals surface area contributed by atoms with E-state index in [0.717, 1.165) is 32.5 Å². The maximum Gasteiger partial charge on any atom is 0.225 e. The minimum absolute atomic E-state index is 0.213. The van der Waals surface area contributed by atoms with Gasteiger partial charge < -0.3 is 10.6 Å². The molecule has 1 fully saturated rings. The Kier molecular flexibility index (Phi) is 6.50. The summed E-state index contributed by atoms with van der Waals surface area (Å²) < 4.78 is 0. The SMILES string of the molecule is CSC(C)CCNC(=O)C(C)(C)C1CCCNC1. The third-order valence-electron chi connectivity index (χ3n) is 4.14. The van der Waals surface area contributed by atoms with E-state index in [-0.39, 0.29) is 11.3 Å². The molecule has 0 radical (unpaired) electrons. The van der Waals surface area contributed by atoms with Crippen molar-refractivity contribution < 1.29 is 4.79 Å². The Balaban J connectivity index is 2.38. The van der Waals surface area contributed by atoms with Crippen LogP contribution in [0.1, 0.15) is 40.0 Å². The normalized spacial score (nSPS) is 22.6. The van der Waals surface area contributed by atoms with Crippen molar-refractivity contribution in [2.24, 2.45) is 11.3 Å². The highest BCUT2D eigenvalue weighted by Crippen LogP contribution is 2.31. The lowest BCUT2D eigenvalue weighted by Crippen LogP contribution is -2.47. The van der Waals surface area contributed by atoms with E-state index in [0.29, 0.717) is 11.2 Å². The van der Waals surface area contributed by atoms with Gasteiger partial charge >= 0.3 is 0 Å². The molecule has 1 heterocycles. The number of hydrogen-bond donors (Lipinski definition) is 2. The van der Waals surface area contributed by atoms with Gasteiger partial charge in [-0.2, -0.15) is 11.8 Å². The summed E-state index contributed by atoms with van der Waals surface area (Å²) in [6.45, 7) is 9.23. The summed E-state index contributed by atoms with van der Waals surface area (Å²) >= 11 is 1.85. The molecule has 2 atom stereocenters. The molecule has 2 N–H and O–H groups in total. The summed E-state index contributed by atoms with van der Waals surface area (Å²) in [5, 5.41) is 7.12. The van der Waals surface area contributed by atoms with E-state index < -0.39 is 0 Å². The van der Waals surface area contributed by atoms with E-state index in [2.05, 4.69) is 37.7 Å². The van der Waals surface area contributed by atoms with Crippen LogP contribution in [-0.4, -0.2) is 37.0 Å². The molecule has 0 saturated carbocycles. The van der Waals surface area contributed by atoms with Gasteiger partial charge in [-0.15, -0.1) is 0 Å². The van der Waals surface area contributed by atoms with E-state index >= 15 is 0 Å². The van der Waals surface area contributed by atoms with Crippen molar-refractivity contribution in [2.45, 2.75) is 45.3 Å². The number of rotatable bonds is 6. The van der Waals surface area contributed by atoms with Crippen LogP contribution in [0, 0.1) is 11.3 Å². The number of amides is 1. The molecule has 1 aliphatic rings. The number of hydrogen-bond acceptors (Lipinski definition) is 3. The summed E-state index contributed by atoms with van der Waals surface area (Å²) in [5.41, 5.74) is -0.254. The van der Waals surface area contributed by atoms with Crippen LogP contribution in [0.4, 0.5) is 0 Å². The van der Waals surface area contributed by atoms with Gasteiger partial charge in [0.05, 0.1) is 0 Å². The molecular weight excluding hydrogens is 244 g/mol. The van der Waals surface area contributed by atoms with Crippen LogP contribution in [0.2, 0.25) is 0 Å². The first-order valence-corrected chi connectivity index (χ1v) is 8.29. The summed E-state index contributed by atoms with van der Waals surface area (Å²) in [5.74, 6) is 0.675. The highest BCUT2D eigenvalue weighted by Gasteiger charge is 2.36. The smallest absolute Gasteiger partial charge is 0.225 e. The van der Waals surface area contributed by atoms with Crippen molar-refractivity contribution in [2.75, 3.05) is 25.9 Å². The van der Waals surface area contributed by atoms with Crippen LogP contribution in [0.3, 0.4) is 0 Å². The zero-order valence-corrected chi connectivity index (χ0v) is 13.0. The maximum absolute atomic E-state index is 12.3. The highest BCUT2D eigenvalue weighted by atomic mass is 32.2. The van der Waals surface area contributed by atoms with Crippen LogP contribution >= 0.6 is 11.8 Å².